The molecule has 388 valence electrons. The third kappa shape index (κ3) is 20.0. The van der Waals surface area contributed by atoms with Crippen LogP contribution < -0.4 is 46.0 Å². The van der Waals surface area contributed by atoms with E-state index in [0.29, 0.717) is 0 Å². The molecule has 0 amide bonds. The van der Waals surface area contributed by atoms with E-state index >= 15 is 0 Å². The van der Waals surface area contributed by atoms with Crippen LogP contribution in [0.4, 0.5) is 0 Å². The van der Waals surface area contributed by atoms with Gasteiger partial charge in [0.05, 0.1) is 0 Å². The quantitative estimate of drug-likeness (QED) is 0.0527. The molecule has 0 saturated heterocycles. The van der Waals surface area contributed by atoms with Crippen molar-refractivity contribution >= 4 is 96.0 Å². The number of rotatable bonds is 20. The predicted octanol–water partition coefficient (Wildman–Crippen LogP) is 13.5. The molecule has 8 rings (SSSR count). The summed E-state index contributed by atoms with van der Waals surface area (Å²) in [5, 5.41) is 17.7. The number of halogens is 2. The van der Waals surface area contributed by atoms with Crippen molar-refractivity contribution in [3.63, 3.8) is 0 Å². The smallest absolute Gasteiger partial charge is 1.00 e. The Labute approximate surface area is 495 Å². The van der Waals surface area contributed by atoms with Crippen molar-refractivity contribution in [1.82, 2.24) is 0 Å². The molecule has 0 aliphatic rings. The zero-order chi connectivity index (χ0) is 49.0. The molecule has 72 heavy (non-hydrogen) atoms. The van der Waals surface area contributed by atoms with Crippen LogP contribution in [-0.4, -0.2) is 47.3 Å². The van der Waals surface area contributed by atoms with Gasteiger partial charge in [-0.15, -0.1) is 161 Å². The van der Waals surface area contributed by atoms with E-state index in [0.717, 1.165) is 22.6 Å². The van der Waals surface area contributed by atoms with Crippen LogP contribution in [0.3, 0.4) is 0 Å². The predicted molar refractivity (Wildman–Crippen MR) is 324 cm³/mol. The summed E-state index contributed by atoms with van der Waals surface area (Å²) in [6.07, 6.45) is 16.0. The molecule has 4 unspecified atom stereocenters. The molecule has 0 saturated carbocycles. The molecule has 0 N–H and O–H groups in total. The topological polar surface area (TPSA) is 0 Å². The first kappa shape index (κ1) is 69.4. The Morgan fingerprint density at radius 2 is 0.542 bits per heavy atom. The van der Waals surface area contributed by atoms with Crippen LogP contribution in [0, 0.1) is 0 Å². The van der Waals surface area contributed by atoms with Gasteiger partial charge < -0.3 is 24.8 Å². The van der Waals surface area contributed by atoms with Gasteiger partial charge in [0.15, 0.2) is 0 Å². The van der Waals surface area contributed by atoms with Gasteiger partial charge in [0, 0.05) is 0 Å². The third-order valence-electron chi connectivity index (χ3n) is 14.0. The molecule has 0 radical (unpaired) electrons. The third-order valence-corrected chi connectivity index (χ3v) is 26.9. The fraction of sp³-hybridized carbons (Fsp3) is 0.438. The summed E-state index contributed by atoms with van der Waals surface area (Å²) in [5.41, 5.74) is 3.30. The molecular weight excluding hydrogens is 1150 g/mol. The maximum atomic E-state index is 2.43. The average molecular weight is 1230 g/mol. The zero-order valence-corrected chi connectivity index (χ0v) is 56.2. The van der Waals surface area contributed by atoms with Gasteiger partial charge in [-0.1, -0.05) is 165 Å². The summed E-state index contributed by atoms with van der Waals surface area (Å²) in [6, 6.07) is 54.3. The van der Waals surface area contributed by atoms with Crippen molar-refractivity contribution in [2.24, 2.45) is 0 Å². The summed E-state index contributed by atoms with van der Waals surface area (Å²) >= 11 is 0. The van der Waals surface area contributed by atoms with E-state index in [9.17, 15) is 0 Å². The Morgan fingerprint density at radius 3 is 0.750 bits per heavy atom. The van der Waals surface area contributed by atoms with E-state index in [1.54, 1.807) is 21.2 Å². The molecule has 0 spiro atoms. The van der Waals surface area contributed by atoms with Gasteiger partial charge in [-0.2, -0.15) is 24.3 Å². The maximum Gasteiger partial charge on any atom is 2.00 e. The minimum absolute atomic E-state index is 0. The SMILES string of the molecule is CCC(C)P(c1cc2ccccc2[cH-]1)C(C)CC.CCC(C)P(c1cc2ccccc2[cH-]1)C(C)CC.CCCP(CCC)c1cc2ccccc2[cH-]1.CCCP(CCC)c1cc2ccccc2[cH-]1.[Cl-].[Cl-].[Zr+2].[Zr+2]. The molecule has 8 aromatic carbocycles. The van der Waals surface area contributed by atoms with Crippen molar-refractivity contribution in [3.05, 3.63) is 146 Å². The first-order valence-electron chi connectivity index (χ1n) is 26.7. The van der Waals surface area contributed by atoms with Gasteiger partial charge in [-0.05, 0) is 73.0 Å². The van der Waals surface area contributed by atoms with Crippen LogP contribution >= 0.6 is 31.7 Å². The van der Waals surface area contributed by atoms with Gasteiger partial charge in [0.1, 0.15) is 0 Å². The van der Waals surface area contributed by atoms with Crippen molar-refractivity contribution < 1.29 is 77.2 Å². The molecule has 0 heterocycles. The number of hydrogen-bond donors (Lipinski definition) is 0. The molecule has 4 atom stereocenters. The number of benzene rings is 4. The van der Waals surface area contributed by atoms with Crippen LogP contribution in [0.2, 0.25) is 0 Å². The fourth-order valence-corrected chi connectivity index (χ4v) is 21.1. The summed E-state index contributed by atoms with van der Waals surface area (Å²) in [7, 11) is 0.144. The zero-order valence-electron chi connectivity index (χ0n) is 46.2. The molecule has 0 nitrogen and oxygen atoms in total. The molecule has 0 aliphatic heterocycles. The average Bonchev–Trinajstić information content (AvgIpc) is 4.19. The van der Waals surface area contributed by atoms with E-state index in [2.05, 4.69) is 229 Å². The van der Waals surface area contributed by atoms with E-state index in [1.165, 1.54) is 119 Å². The maximum absolute atomic E-state index is 2.43. The molecule has 0 aromatic heterocycles. The van der Waals surface area contributed by atoms with E-state index in [-0.39, 0.29) is 109 Å². The van der Waals surface area contributed by atoms with E-state index in [1.807, 2.05) is 0 Å². The van der Waals surface area contributed by atoms with Gasteiger partial charge in [-0.3, -0.25) is 0 Å². The molecule has 0 fully saturated rings. The van der Waals surface area contributed by atoms with Crippen LogP contribution in [-0.2, 0) is 52.4 Å². The normalized spacial score (nSPS) is 13.4. The monoisotopic (exact) mass is 1230 g/mol. The van der Waals surface area contributed by atoms with Crippen molar-refractivity contribution in [1.29, 1.82) is 0 Å². The molecule has 8 heteroatoms. The first-order valence-corrected chi connectivity index (χ1v) is 33.1. The number of fused-ring (bicyclic) bond motifs is 4. The Morgan fingerprint density at radius 1 is 0.333 bits per heavy atom. The largest absolute Gasteiger partial charge is 2.00 e. The Bertz CT molecular complexity index is 2280. The fourth-order valence-electron chi connectivity index (χ4n) is 9.69. The van der Waals surface area contributed by atoms with E-state index in [4.69, 9.17) is 0 Å². The summed E-state index contributed by atoms with van der Waals surface area (Å²) in [6.45, 7) is 28.2. The second-order valence-electron chi connectivity index (χ2n) is 19.2. The van der Waals surface area contributed by atoms with Crippen LogP contribution in [0.1, 0.15) is 134 Å². The molecule has 0 aliphatic carbocycles. The van der Waals surface area contributed by atoms with Gasteiger partial charge in [-0.25, -0.2) is 0 Å². The minimum atomic E-state index is -0.0252. The second kappa shape index (κ2) is 37.2. The Balaban J connectivity index is 0.000000472. The summed E-state index contributed by atoms with van der Waals surface area (Å²) in [4.78, 5) is 0. The summed E-state index contributed by atoms with van der Waals surface area (Å²) in [5.74, 6) is 0. The first-order chi connectivity index (χ1) is 33.0. The van der Waals surface area contributed by atoms with Crippen LogP contribution in [0.15, 0.2) is 146 Å². The van der Waals surface area contributed by atoms with Crippen molar-refractivity contribution in [3.8, 4) is 0 Å². The van der Waals surface area contributed by atoms with Gasteiger partial charge in [0.2, 0.25) is 0 Å². The summed E-state index contributed by atoms with van der Waals surface area (Å²) < 4.78 is 0. The van der Waals surface area contributed by atoms with Crippen LogP contribution in [0.5, 0.6) is 0 Å². The minimum Gasteiger partial charge on any atom is -1.00 e. The van der Waals surface area contributed by atoms with Crippen LogP contribution in [0.25, 0.3) is 43.1 Å². The molecular formula is C64H88Cl2P4Zr2-2. The van der Waals surface area contributed by atoms with E-state index < -0.39 is 0 Å². The van der Waals surface area contributed by atoms with Crippen molar-refractivity contribution in [2.45, 2.75) is 157 Å². The van der Waals surface area contributed by atoms with Gasteiger partial charge >= 0.3 is 52.4 Å². The molecule has 8 aromatic rings. The van der Waals surface area contributed by atoms with Crippen molar-refractivity contribution in [2.75, 3.05) is 24.6 Å². The second-order valence-corrected chi connectivity index (χ2v) is 30.4. The Kier molecular flexibility index (Phi) is 35.9. The molecule has 0 bridgehead atoms. The Hall–Kier alpha value is -0.614. The number of hydrogen-bond acceptors (Lipinski definition) is 0. The standard InChI is InChI=1S/2C17H24P.2C15H20P.2ClH.2Zr/c2*1-5-13(3)18(14(4)6-2)17-11-15-9-7-8-10-16(15)12-17;2*1-3-9-16(10-4-2)15-11-13-7-5-6-8-14(13)12-15;;;;/h2*7-14H,5-6H2,1-4H3;2*5-8,11-12H,3-4,9-10H2,1-2H3;2*1H;;/q4*-1;;;2*+2/p-2. The van der Waals surface area contributed by atoms with Gasteiger partial charge in [0.25, 0.3) is 0 Å².